The van der Waals surface area contributed by atoms with Gasteiger partial charge in [-0.2, -0.15) is 0 Å². The molecule has 1 atom stereocenters. The molecule has 2 N–H and O–H groups in total. The zero-order valence-electron chi connectivity index (χ0n) is 17.5. The van der Waals surface area contributed by atoms with Gasteiger partial charge in [0.25, 0.3) is 5.91 Å². The number of hydroxylamine groups is 1. The van der Waals surface area contributed by atoms with Crippen molar-refractivity contribution in [2.45, 2.75) is 49.7 Å². The largest absolute Gasteiger partial charge is 0.381 e. The number of nitrogens with zero attached hydrogens (tertiary/aromatic N) is 2. The van der Waals surface area contributed by atoms with Gasteiger partial charge in [-0.15, -0.1) is 0 Å². The van der Waals surface area contributed by atoms with E-state index in [1.807, 2.05) is 21.4 Å². The summed E-state index contributed by atoms with van der Waals surface area (Å²) < 4.78 is 19.3. The molecule has 8 nitrogen and oxygen atoms in total. The second-order valence-electron chi connectivity index (χ2n) is 8.19. The molecular weight excluding hydrogens is 406 g/mol. The summed E-state index contributed by atoms with van der Waals surface area (Å²) in [5.41, 5.74) is 1.71. The van der Waals surface area contributed by atoms with Crippen molar-refractivity contribution < 1.29 is 23.7 Å². The van der Waals surface area contributed by atoms with E-state index in [9.17, 15) is 13.8 Å². The van der Waals surface area contributed by atoms with Crippen LogP contribution in [-0.2, 0) is 25.3 Å². The Labute approximate surface area is 180 Å². The van der Waals surface area contributed by atoms with E-state index in [4.69, 9.17) is 9.94 Å². The number of carbonyl (C=O) groups is 2. The van der Waals surface area contributed by atoms with Crippen molar-refractivity contribution in [1.82, 2.24) is 14.7 Å². The fraction of sp³-hybridized carbons (Fsp3) is 0.714. The Morgan fingerprint density at radius 1 is 1.03 bits per heavy atom. The molecule has 3 aliphatic rings. The molecule has 0 aromatic carbocycles. The SMILES string of the molecule is O=C(/C=C/C=C/C1CCN(S(=O)C2(C(=O)NO)CCOCC2)CC1)N1CCCCC1. The molecule has 0 saturated carbocycles. The van der Waals surface area contributed by atoms with Gasteiger partial charge in [0.05, 0.1) is 0 Å². The van der Waals surface area contributed by atoms with Crippen LogP contribution < -0.4 is 5.48 Å². The van der Waals surface area contributed by atoms with Crippen LogP contribution in [0.25, 0.3) is 0 Å². The number of rotatable bonds is 6. The van der Waals surface area contributed by atoms with Crippen molar-refractivity contribution in [3.05, 3.63) is 24.3 Å². The molecule has 3 aliphatic heterocycles. The van der Waals surface area contributed by atoms with Gasteiger partial charge in [-0.05, 0) is 50.9 Å². The van der Waals surface area contributed by atoms with Gasteiger partial charge in [0.2, 0.25) is 5.91 Å². The molecule has 3 rings (SSSR count). The molecule has 9 heteroatoms. The van der Waals surface area contributed by atoms with Gasteiger partial charge in [0.15, 0.2) is 0 Å². The first-order valence-corrected chi connectivity index (χ1v) is 12.0. The maximum Gasteiger partial charge on any atom is 0.263 e. The highest BCUT2D eigenvalue weighted by molar-refractivity contribution is 7.85. The molecule has 0 radical (unpaired) electrons. The molecule has 0 aromatic rings. The minimum atomic E-state index is -1.52. The van der Waals surface area contributed by atoms with Crippen LogP contribution in [0.5, 0.6) is 0 Å². The van der Waals surface area contributed by atoms with Crippen LogP contribution in [0, 0.1) is 5.92 Å². The lowest BCUT2D eigenvalue weighted by molar-refractivity contribution is -0.134. The van der Waals surface area contributed by atoms with Crippen molar-refractivity contribution in [1.29, 1.82) is 0 Å². The molecule has 168 valence electrons. The first-order chi connectivity index (χ1) is 14.6. The average molecular weight is 440 g/mol. The lowest BCUT2D eigenvalue weighted by atomic mass is 9.97. The third kappa shape index (κ3) is 5.57. The van der Waals surface area contributed by atoms with Gasteiger partial charge in [0.1, 0.15) is 15.7 Å². The van der Waals surface area contributed by atoms with E-state index >= 15 is 0 Å². The summed E-state index contributed by atoms with van der Waals surface area (Å²) in [6.45, 7) is 3.68. The Morgan fingerprint density at radius 3 is 2.33 bits per heavy atom. The summed E-state index contributed by atoms with van der Waals surface area (Å²) >= 11 is 0. The van der Waals surface area contributed by atoms with E-state index < -0.39 is 21.6 Å². The number of carbonyl (C=O) groups excluding carboxylic acids is 2. The second-order valence-corrected chi connectivity index (χ2v) is 9.99. The van der Waals surface area contributed by atoms with Crippen molar-refractivity contribution in [3.8, 4) is 0 Å². The molecule has 3 saturated heterocycles. The van der Waals surface area contributed by atoms with E-state index in [0.29, 0.717) is 45.1 Å². The number of piperidine rings is 2. The van der Waals surface area contributed by atoms with Crippen LogP contribution >= 0.6 is 0 Å². The van der Waals surface area contributed by atoms with E-state index in [-0.39, 0.29) is 5.91 Å². The number of allylic oxidation sites excluding steroid dienone is 3. The predicted molar refractivity (Wildman–Crippen MR) is 114 cm³/mol. The zero-order valence-corrected chi connectivity index (χ0v) is 18.3. The Kier molecular flexibility index (Phi) is 8.61. The third-order valence-electron chi connectivity index (χ3n) is 6.28. The lowest BCUT2D eigenvalue weighted by Gasteiger charge is -2.39. The molecule has 3 fully saturated rings. The summed E-state index contributed by atoms with van der Waals surface area (Å²) in [4.78, 5) is 26.3. The summed E-state index contributed by atoms with van der Waals surface area (Å²) in [6, 6.07) is 0. The fourth-order valence-electron chi connectivity index (χ4n) is 4.34. The van der Waals surface area contributed by atoms with Crippen LogP contribution in [0.3, 0.4) is 0 Å². The Morgan fingerprint density at radius 2 is 1.70 bits per heavy atom. The first-order valence-electron chi connectivity index (χ1n) is 10.9. The number of likely N-dealkylation sites (tertiary alicyclic amines) is 1. The molecule has 0 aliphatic carbocycles. The van der Waals surface area contributed by atoms with Gasteiger partial charge < -0.3 is 9.64 Å². The monoisotopic (exact) mass is 439 g/mol. The highest BCUT2D eigenvalue weighted by Crippen LogP contribution is 2.32. The lowest BCUT2D eigenvalue weighted by Crippen LogP contribution is -2.57. The molecule has 3 heterocycles. The van der Waals surface area contributed by atoms with E-state index in [0.717, 1.165) is 38.8 Å². The minimum absolute atomic E-state index is 0.0773. The molecule has 0 bridgehead atoms. The van der Waals surface area contributed by atoms with Crippen LogP contribution in [0.4, 0.5) is 0 Å². The second kappa shape index (κ2) is 11.2. The third-order valence-corrected chi connectivity index (χ3v) is 8.38. The average Bonchev–Trinajstić information content (AvgIpc) is 2.82. The van der Waals surface area contributed by atoms with Gasteiger partial charge in [-0.3, -0.25) is 14.8 Å². The number of hydrogen-bond donors (Lipinski definition) is 2. The highest BCUT2D eigenvalue weighted by atomic mass is 32.2. The van der Waals surface area contributed by atoms with Gasteiger partial charge in [0, 0.05) is 45.5 Å². The summed E-state index contributed by atoms with van der Waals surface area (Å²) in [6.07, 6.45) is 13.2. The smallest absolute Gasteiger partial charge is 0.263 e. The summed E-state index contributed by atoms with van der Waals surface area (Å²) in [5, 5.41) is 9.15. The van der Waals surface area contributed by atoms with E-state index in [2.05, 4.69) is 6.08 Å². The van der Waals surface area contributed by atoms with Crippen molar-refractivity contribution >= 4 is 22.8 Å². The van der Waals surface area contributed by atoms with Gasteiger partial charge >= 0.3 is 0 Å². The molecule has 0 aromatic heterocycles. The van der Waals surface area contributed by atoms with E-state index in [1.54, 1.807) is 11.6 Å². The molecule has 1 unspecified atom stereocenters. The topological polar surface area (TPSA) is 99.2 Å². The maximum atomic E-state index is 13.2. The Hall–Kier alpha value is -1.55. The van der Waals surface area contributed by atoms with Crippen LogP contribution in [0.15, 0.2) is 24.3 Å². The first kappa shape index (κ1) is 23.1. The standard InChI is InChI=1S/C21H33N3O5S/c25-19(23-12-4-1-5-13-23)7-3-2-6-18-8-14-24(15-9-18)30(28)21(20(26)22-27)10-16-29-17-11-21/h2-3,6-7,18,27H,1,4-5,8-17H2,(H,22,26)/b6-2+,7-3+. The molecule has 2 amide bonds. The quantitative estimate of drug-likeness (QED) is 0.283. The number of ether oxygens (including phenoxy) is 1. The number of nitrogens with one attached hydrogen (secondary N) is 1. The fourth-order valence-corrected chi connectivity index (χ4v) is 6.10. The predicted octanol–water partition coefficient (Wildman–Crippen LogP) is 1.54. The molecule has 30 heavy (non-hydrogen) atoms. The van der Waals surface area contributed by atoms with Crippen molar-refractivity contribution in [2.75, 3.05) is 39.4 Å². The highest BCUT2D eigenvalue weighted by Gasteiger charge is 2.48. The van der Waals surface area contributed by atoms with Crippen molar-refractivity contribution in [3.63, 3.8) is 0 Å². The van der Waals surface area contributed by atoms with Gasteiger partial charge in [-0.25, -0.2) is 14.0 Å². The Bertz CT molecular complexity index is 676. The summed E-state index contributed by atoms with van der Waals surface area (Å²) in [5.74, 6) is -0.159. The van der Waals surface area contributed by atoms with Crippen molar-refractivity contribution in [2.24, 2.45) is 5.92 Å². The maximum absolute atomic E-state index is 13.2. The number of hydrogen-bond acceptors (Lipinski definition) is 5. The van der Waals surface area contributed by atoms with Crippen LogP contribution in [0.1, 0.15) is 44.9 Å². The minimum Gasteiger partial charge on any atom is -0.381 e. The molecule has 0 spiro atoms. The van der Waals surface area contributed by atoms with Crippen LogP contribution in [-0.4, -0.2) is 74.6 Å². The van der Waals surface area contributed by atoms with Crippen LogP contribution in [0.2, 0.25) is 0 Å². The Balaban J connectivity index is 1.48. The normalized spacial score (nSPS) is 24.9. The molecular formula is C21H33N3O5S. The summed E-state index contributed by atoms with van der Waals surface area (Å²) in [7, 11) is -1.52. The van der Waals surface area contributed by atoms with Gasteiger partial charge in [-0.1, -0.05) is 18.2 Å². The van der Waals surface area contributed by atoms with E-state index in [1.165, 1.54) is 6.42 Å². The number of amides is 2. The zero-order chi connectivity index (χ0) is 21.4.